The highest BCUT2D eigenvalue weighted by atomic mass is 16.5. The first kappa shape index (κ1) is 14.6. The fourth-order valence-electron chi connectivity index (χ4n) is 1.93. The van der Waals surface area contributed by atoms with E-state index in [1.54, 1.807) is 0 Å². The van der Waals surface area contributed by atoms with E-state index in [2.05, 4.69) is 33.8 Å². The molecule has 90 valence electrons. The normalized spacial score (nSPS) is 24.3. The summed E-state index contributed by atoms with van der Waals surface area (Å²) in [6.07, 6.45) is 2.42. The molecule has 0 aromatic heterocycles. The number of hydrogen-bond donors (Lipinski definition) is 0. The predicted molar refractivity (Wildman–Crippen MR) is 57.2 cm³/mol. The third kappa shape index (κ3) is 3.31. The Kier molecular flexibility index (Phi) is 5.12. The molecule has 0 bridgehead atoms. The standard InChI is InChI=1S/C11H18O2.CO2/c1-7(2)6-8-9(10(12)13-5)11(8,3)4;2-1-3/h6,8-9H,1-5H3;. The van der Waals surface area contributed by atoms with Gasteiger partial charge < -0.3 is 4.74 Å². The maximum Gasteiger partial charge on any atom is 0.373 e. The first-order chi connectivity index (χ1) is 7.32. The molecule has 4 nitrogen and oxygen atoms in total. The van der Waals surface area contributed by atoms with Crippen LogP contribution in [-0.4, -0.2) is 19.2 Å². The maximum atomic E-state index is 11.3. The summed E-state index contributed by atoms with van der Waals surface area (Å²) in [5, 5.41) is 0. The number of carbonyl (C=O) groups excluding carboxylic acids is 3. The fraction of sp³-hybridized carbons (Fsp3) is 0.667. The summed E-state index contributed by atoms with van der Waals surface area (Å²) < 4.78 is 4.75. The average molecular weight is 226 g/mol. The number of hydrogen-bond acceptors (Lipinski definition) is 4. The molecule has 0 heterocycles. The van der Waals surface area contributed by atoms with Gasteiger partial charge in [0.05, 0.1) is 13.0 Å². The molecule has 2 atom stereocenters. The quantitative estimate of drug-likeness (QED) is 0.532. The number of carbonyl (C=O) groups is 1. The van der Waals surface area contributed by atoms with Crippen molar-refractivity contribution in [3.63, 3.8) is 0 Å². The Hall–Kier alpha value is -1.41. The van der Waals surface area contributed by atoms with E-state index in [1.165, 1.54) is 12.7 Å². The van der Waals surface area contributed by atoms with Crippen molar-refractivity contribution in [1.29, 1.82) is 0 Å². The van der Waals surface area contributed by atoms with Gasteiger partial charge in [0, 0.05) is 0 Å². The van der Waals surface area contributed by atoms with Gasteiger partial charge in [-0.2, -0.15) is 9.59 Å². The highest BCUT2D eigenvalue weighted by Gasteiger charge is 2.61. The van der Waals surface area contributed by atoms with Gasteiger partial charge >= 0.3 is 12.1 Å². The number of rotatable bonds is 2. The Morgan fingerprint density at radius 3 is 2.06 bits per heavy atom. The van der Waals surface area contributed by atoms with Crippen LogP contribution in [0.25, 0.3) is 0 Å². The summed E-state index contributed by atoms with van der Waals surface area (Å²) in [5.74, 6) is 0.352. The number of allylic oxidation sites excluding steroid dienone is 2. The zero-order valence-electron chi connectivity index (χ0n) is 10.4. The van der Waals surface area contributed by atoms with Crippen LogP contribution in [0.15, 0.2) is 11.6 Å². The van der Waals surface area contributed by atoms with Gasteiger partial charge in [-0.15, -0.1) is 0 Å². The second kappa shape index (κ2) is 5.61. The predicted octanol–water partition coefficient (Wildman–Crippen LogP) is 1.81. The lowest BCUT2D eigenvalue weighted by Gasteiger charge is -1.99. The molecule has 0 amide bonds. The highest BCUT2D eigenvalue weighted by molar-refractivity contribution is 5.78. The van der Waals surface area contributed by atoms with Crippen LogP contribution in [0.3, 0.4) is 0 Å². The molecular weight excluding hydrogens is 208 g/mol. The summed E-state index contributed by atoms with van der Waals surface area (Å²) in [6, 6.07) is 0. The van der Waals surface area contributed by atoms with Crippen molar-refractivity contribution in [3.05, 3.63) is 11.6 Å². The summed E-state index contributed by atoms with van der Waals surface area (Å²) in [6.45, 7) is 8.34. The third-order valence-electron chi connectivity index (χ3n) is 2.88. The van der Waals surface area contributed by atoms with Gasteiger partial charge in [0.2, 0.25) is 0 Å². The molecule has 0 N–H and O–H groups in total. The van der Waals surface area contributed by atoms with Crippen LogP contribution in [0.5, 0.6) is 0 Å². The first-order valence-electron chi connectivity index (χ1n) is 5.05. The minimum Gasteiger partial charge on any atom is -0.469 e. The molecule has 1 aliphatic rings. The molecule has 1 rings (SSSR count). The van der Waals surface area contributed by atoms with Gasteiger partial charge in [0.15, 0.2) is 0 Å². The van der Waals surface area contributed by atoms with Crippen molar-refractivity contribution in [2.75, 3.05) is 7.11 Å². The van der Waals surface area contributed by atoms with Crippen molar-refractivity contribution < 1.29 is 19.1 Å². The van der Waals surface area contributed by atoms with Gasteiger partial charge in [-0.3, -0.25) is 4.79 Å². The van der Waals surface area contributed by atoms with E-state index in [-0.39, 0.29) is 23.5 Å². The van der Waals surface area contributed by atoms with Gasteiger partial charge in [-0.05, 0) is 25.2 Å². The summed E-state index contributed by atoms with van der Waals surface area (Å²) >= 11 is 0. The van der Waals surface area contributed by atoms with Gasteiger partial charge in [0.1, 0.15) is 0 Å². The lowest BCUT2D eigenvalue weighted by molar-refractivity contribution is -0.191. The SMILES string of the molecule is COC(=O)C1C(C=C(C)C)C1(C)C.O=C=O. The van der Waals surface area contributed by atoms with Crippen LogP contribution in [0.4, 0.5) is 0 Å². The third-order valence-corrected chi connectivity index (χ3v) is 2.88. The van der Waals surface area contributed by atoms with E-state index in [0.717, 1.165) is 0 Å². The lowest BCUT2D eigenvalue weighted by atomic mass is 10.1. The topological polar surface area (TPSA) is 60.4 Å². The zero-order valence-corrected chi connectivity index (χ0v) is 10.4. The van der Waals surface area contributed by atoms with Crippen molar-refractivity contribution >= 4 is 12.1 Å². The van der Waals surface area contributed by atoms with Crippen LogP contribution in [0.2, 0.25) is 0 Å². The molecule has 0 spiro atoms. The van der Waals surface area contributed by atoms with E-state index in [0.29, 0.717) is 5.92 Å². The van der Waals surface area contributed by atoms with Gasteiger partial charge in [-0.25, -0.2) is 0 Å². The molecule has 2 unspecified atom stereocenters. The van der Waals surface area contributed by atoms with Crippen LogP contribution >= 0.6 is 0 Å². The smallest absolute Gasteiger partial charge is 0.373 e. The first-order valence-corrected chi connectivity index (χ1v) is 5.05. The molecule has 1 aliphatic carbocycles. The molecule has 0 aromatic rings. The average Bonchev–Trinajstić information content (AvgIpc) is 2.67. The van der Waals surface area contributed by atoms with Crippen molar-refractivity contribution in [2.45, 2.75) is 27.7 Å². The molecule has 0 saturated heterocycles. The molecule has 1 fully saturated rings. The van der Waals surface area contributed by atoms with Crippen LogP contribution in [-0.2, 0) is 19.1 Å². The summed E-state index contributed by atoms with van der Waals surface area (Å²) in [7, 11) is 1.45. The van der Waals surface area contributed by atoms with Gasteiger partial charge in [0.25, 0.3) is 0 Å². The van der Waals surface area contributed by atoms with Crippen molar-refractivity contribution in [1.82, 2.24) is 0 Å². The second-order valence-corrected chi connectivity index (χ2v) is 4.68. The Balaban J connectivity index is 0.000000673. The summed E-state index contributed by atoms with van der Waals surface area (Å²) in [4.78, 5) is 27.6. The molecule has 16 heavy (non-hydrogen) atoms. The molecule has 4 heteroatoms. The number of ether oxygens (including phenoxy) is 1. The van der Waals surface area contributed by atoms with Crippen LogP contribution in [0.1, 0.15) is 27.7 Å². The Bertz CT molecular complexity index is 318. The van der Waals surface area contributed by atoms with Crippen LogP contribution in [0, 0.1) is 17.3 Å². The van der Waals surface area contributed by atoms with E-state index >= 15 is 0 Å². The monoisotopic (exact) mass is 226 g/mol. The fourth-order valence-corrected chi connectivity index (χ4v) is 1.93. The van der Waals surface area contributed by atoms with Gasteiger partial charge in [-0.1, -0.05) is 25.5 Å². The van der Waals surface area contributed by atoms with E-state index in [4.69, 9.17) is 14.3 Å². The van der Waals surface area contributed by atoms with Crippen LogP contribution < -0.4 is 0 Å². The van der Waals surface area contributed by atoms with E-state index < -0.39 is 0 Å². The van der Waals surface area contributed by atoms with Crippen molar-refractivity contribution in [3.8, 4) is 0 Å². The highest BCUT2D eigenvalue weighted by Crippen LogP contribution is 2.59. The number of esters is 1. The molecule has 0 aliphatic heterocycles. The number of methoxy groups -OCH3 is 1. The molecule has 0 aromatic carbocycles. The Labute approximate surface area is 95.7 Å². The second-order valence-electron chi connectivity index (χ2n) is 4.68. The largest absolute Gasteiger partial charge is 0.469 e. The van der Waals surface area contributed by atoms with E-state index in [9.17, 15) is 4.79 Å². The molecule has 0 radical (unpaired) electrons. The Morgan fingerprint density at radius 1 is 1.31 bits per heavy atom. The zero-order chi connectivity index (χ0) is 12.9. The minimum absolute atomic E-state index is 0.0624. The lowest BCUT2D eigenvalue weighted by Crippen LogP contribution is -2.07. The molecular formula is C12H18O4. The molecule has 1 saturated carbocycles. The maximum absolute atomic E-state index is 11.3. The van der Waals surface area contributed by atoms with Crippen molar-refractivity contribution in [2.24, 2.45) is 17.3 Å². The Morgan fingerprint density at radius 2 is 1.75 bits per heavy atom. The van der Waals surface area contributed by atoms with E-state index in [1.807, 2.05) is 0 Å². The summed E-state index contributed by atoms with van der Waals surface area (Å²) in [5.41, 5.74) is 1.36. The minimum atomic E-state index is -0.0764.